The Labute approximate surface area is 144 Å². The molecule has 0 atom stereocenters. The highest BCUT2D eigenvalue weighted by molar-refractivity contribution is 8.04. The van der Waals surface area contributed by atoms with Crippen LogP contribution in [0.3, 0.4) is 0 Å². The van der Waals surface area contributed by atoms with E-state index in [9.17, 15) is 10.1 Å². The largest absolute Gasteiger partial charge is 0.300 e. The molecule has 0 bridgehead atoms. The lowest BCUT2D eigenvalue weighted by molar-refractivity contribution is -0.125. The Bertz CT molecular complexity index is 794. The fraction of sp³-hybridized carbons (Fsp3) is 0.111. The first-order valence-electron chi connectivity index (χ1n) is 7.06. The Hall–Kier alpha value is -2.22. The normalized spacial score (nSPS) is 16.3. The van der Waals surface area contributed by atoms with E-state index in [4.69, 9.17) is 11.6 Å². The Balaban J connectivity index is 1.99. The van der Waals surface area contributed by atoms with E-state index in [1.807, 2.05) is 30.3 Å². The molecule has 1 heterocycles. The summed E-state index contributed by atoms with van der Waals surface area (Å²) in [5, 5.41) is 10.9. The fourth-order valence-corrected chi connectivity index (χ4v) is 3.56. The number of carbonyl (C=O) groups is 1. The smallest absolute Gasteiger partial charge is 0.238 e. The van der Waals surface area contributed by atoms with Crippen LogP contribution in [-0.4, -0.2) is 16.6 Å². The van der Waals surface area contributed by atoms with Crippen molar-refractivity contribution < 1.29 is 4.79 Å². The van der Waals surface area contributed by atoms with Gasteiger partial charge in [-0.1, -0.05) is 65.8 Å². The van der Waals surface area contributed by atoms with E-state index in [1.165, 1.54) is 11.8 Å². The van der Waals surface area contributed by atoms with Gasteiger partial charge < -0.3 is 4.90 Å². The molecule has 2 aromatic carbocycles. The SMILES string of the molecule is N#C/C(=C1/SCC(=O)N1Cc1ccccc1)c1ccc(Cl)cc1. The topological polar surface area (TPSA) is 44.1 Å². The number of thioether (sulfide) groups is 1. The van der Waals surface area contributed by atoms with Crippen molar-refractivity contribution in [2.24, 2.45) is 0 Å². The van der Waals surface area contributed by atoms with Gasteiger partial charge in [-0.25, -0.2) is 0 Å². The molecule has 1 aliphatic rings. The zero-order chi connectivity index (χ0) is 16.2. The summed E-state index contributed by atoms with van der Waals surface area (Å²) in [5.41, 5.74) is 2.31. The summed E-state index contributed by atoms with van der Waals surface area (Å²) in [5.74, 6) is 0.386. The molecule has 1 aliphatic heterocycles. The monoisotopic (exact) mass is 340 g/mol. The van der Waals surface area contributed by atoms with Gasteiger partial charge in [0.05, 0.1) is 22.9 Å². The number of nitriles is 1. The van der Waals surface area contributed by atoms with Crippen LogP contribution < -0.4 is 0 Å². The van der Waals surface area contributed by atoms with Crippen molar-refractivity contribution in [1.29, 1.82) is 5.26 Å². The summed E-state index contributed by atoms with van der Waals surface area (Å²) in [6.45, 7) is 0.473. The van der Waals surface area contributed by atoms with E-state index in [0.29, 0.717) is 27.9 Å². The molecule has 0 aliphatic carbocycles. The van der Waals surface area contributed by atoms with E-state index in [1.54, 1.807) is 29.2 Å². The van der Waals surface area contributed by atoms with Crippen LogP contribution >= 0.6 is 23.4 Å². The molecule has 0 N–H and O–H groups in total. The first-order chi connectivity index (χ1) is 11.2. The summed E-state index contributed by atoms with van der Waals surface area (Å²) < 4.78 is 0. The highest BCUT2D eigenvalue weighted by Gasteiger charge is 2.30. The summed E-state index contributed by atoms with van der Waals surface area (Å²) >= 11 is 7.32. The zero-order valence-corrected chi connectivity index (χ0v) is 13.8. The van der Waals surface area contributed by atoms with Crippen molar-refractivity contribution >= 4 is 34.8 Å². The van der Waals surface area contributed by atoms with Gasteiger partial charge in [-0.05, 0) is 23.3 Å². The van der Waals surface area contributed by atoms with Crippen LogP contribution in [-0.2, 0) is 11.3 Å². The molecule has 3 nitrogen and oxygen atoms in total. The van der Waals surface area contributed by atoms with Gasteiger partial charge >= 0.3 is 0 Å². The minimum absolute atomic E-state index is 0.0237. The molecule has 0 radical (unpaired) electrons. The van der Waals surface area contributed by atoms with Crippen LogP contribution in [0.25, 0.3) is 5.57 Å². The van der Waals surface area contributed by atoms with Crippen LogP contribution in [0.1, 0.15) is 11.1 Å². The molecule has 3 rings (SSSR count). The standard InChI is InChI=1S/C18H13ClN2OS/c19-15-8-6-14(7-9-15)16(10-20)18-21(17(22)12-23-18)11-13-4-2-1-3-5-13/h1-9H,11-12H2/b18-16-. The number of amides is 1. The molecular formula is C18H13ClN2OS. The molecule has 1 saturated heterocycles. The van der Waals surface area contributed by atoms with Crippen molar-refractivity contribution in [3.05, 3.63) is 75.8 Å². The Morgan fingerprint density at radius 1 is 1.17 bits per heavy atom. The number of carbonyl (C=O) groups excluding carboxylic acids is 1. The Kier molecular flexibility index (Phi) is 4.71. The second kappa shape index (κ2) is 6.91. The summed E-state index contributed by atoms with van der Waals surface area (Å²) in [6.07, 6.45) is 0. The van der Waals surface area contributed by atoms with Gasteiger partial charge in [0.25, 0.3) is 0 Å². The predicted octanol–water partition coefficient (Wildman–Crippen LogP) is 4.31. The third kappa shape index (κ3) is 3.42. The number of allylic oxidation sites excluding steroid dienone is 1. The van der Waals surface area contributed by atoms with Gasteiger partial charge in [-0.2, -0.15) is 5.26 Å². The first-order valence-corrected chi connectivity index (χ1v) is 8.43. The summed E-state index contributed by atoms with van der Waals surface area (Å²) in [6, 6.07) is 19.1. The van der Waals surface area contributed by atoms with E-state index in [-0.39, 0.29) is 5.91 Å². The molecule has 114 valence electrons. The molecule has 23 heavy (non-hydrogen) atoms. The Morgan fingerprint density at radius 3 is 2.52 bits per heavy atom. The number of halogens is 1. The molecule has 0 saturated carbocycles. The van der Waals surface area contributed by atoms with Gasteiger partial charge in [0.2, 0.25) is 5.91 Å². The van der Waals surface area contributed by atoms with Crippen molar-refractivity contribution in [2.75, 3.05) is 5.75 Å². The van der Waals surface area contributed by atoms with Gasteiger partial charge in [-0.15, -0.1) is 0 Å². The number of rotatable bonds is 3. The zero-order valence-electron chi connectivity index (χ0n) is 12.2. The summed E-state index contributed by atoms with van der Waals surface area (Å²) in [7, 11) is 0. The van der Waals surface area contributed by atoms with Crippen LogP contribution in [0.5, 0.6) is 0 Å². The van der Waals surface area contributed by atoms with Crippen molar-refractivity contribution in [1.82, 2.24) is 4.90 Å². The lowest BCUT2D eigenvalue weighted by Gasteiger charge is -2.18. The van der Waals surface area contributed by atoms with Crippen LogP contribution in [0.2, 0.25) is 5.02 Å². The van der Waals surface area contributed by atoms with Crippen LogP contribution in [0.4, 0.5) is 0 Å². The highest BCUT2D eigenvalue weighted by atomic mass is 35.5. The molecule has 0 spiro atoms. The maximum atomic E-state index is 12.2. The minimum Gasteiger partial charge on any atom is -0.300 e. The average molecular weight is 341 g/mol. The number of hydrogen-bond acceptors (Lipinski definition) is 3. The number of nitrogens with zero attached hydrogens (tertiary/aromatic N) is 2. The van der Waals surface area contributed by atoms with E-state index < -0.39 is 0 Å². The number of benzene rings is 2. The number of hydrogen-bond donors (Lipinski definition) is 0. The second-order valence-electron chi connectivity index (χ2n) is 5.05. The molecule has 0 aromatic heterocycles. The van der Waals surface area contributed by atoms with Crippen molar-refractivity contribution in [3.63, 3.8) is 0 Å². The molecule has 0 unspecified atom stereocenters. The molecular weight excluding hydrogens is 328 g/mol. The van der Waals surface area contributed by atoms with Crippen molar-refractivity contribution in [3.8, 4) is 6.07 Å². The maximum Gasteiger partial charge on any atom is 0.238 e. The van der Waals surface area contributed by atoms with Gasteiger partial charge in [-0.3, -0.25) is 4.79 Å². The van der Waals surface area contributed by atoms with E-state index in [0.717, 1.165) is 11.1 Å². The Morgan fingerprint density at radius 2 is 1.87 bits per heavy atom. The quantitative estimate of drug-likeness (QED) is 0.782. The molecule has 2 aromatic rings. The first kappa shape index (κ1) is 15.7. The average Bonchev–Trinajstić information content (AvgIpc) is 2.92. The van der Waals surface area contributed by atoms with Crippen LogP contribution in [0, 0.1) is 11.3 Å². The molecule has 1 fully saturated rings. The van der Waals surface area contributed by atoms with Gasteiger partial charge in [0.1, 0.15) is 6.07 Å². The van der Waals surface area contributed by atoms with Gasteiger partial charge in [0, 0.05) is 5.02 Å². The van der Waals surface area contributed by atoms with E-state index in [2.05, 4.69) is 6.07 Å². The fourth-order valence-electron chi connectivity index (χ4n) is 2.38. The molecule has 1 amide bonds. The van der Waals surface area contributed by atoms with Crippen LogP contribution in [0.15, 0.2) is 59.6 Å². The summed E-state index contributed by atoms with van der Waals surface area (Å²) in [4.78, 5) is 13.9. The van der Waals surface area contributed by atoms with Crippen molar-refractivity contribution in [2.45, 2.75) is 6.54 Å². The maximum absolute atomic E-state index is 12.2. The lowest BCUT2D eigenvalue weighted by atomic mass is 10.1. The third-order valence-electron chi connectivity index (χ3n) is 3.52. The highest BCUT2D eigenvalue weighted by Crippen LogP contribution is 2.36. The lowest BCUT2D eigenvalue weighted by Crippen LogP contribution is -2.24. The third-order valence-corrected chi connectivity index (χ3v) is 4.86. The van der Waals surface area contributed by atoms with E-state index >= 15 is 0 Å². The minimum atomic E-state index is 0.0237. The predicted molar refractivity (Wildman–Crippen MR) is 93.4 cm³/mol. The second-order valence-corrected chi connectivity index (χ2v) is 6.45. The van der Waals surface area contributed by atoms with Gasteiger partial charge in [0.15, 0.2) is 0 Å². The molecule has 5 heteroatoms.